The van der Waals surface area contributed by atoms with Crippen molar-refractivity contribution in [2.45, 2.75) is 13.1 Å². The fourth-order valence-electron chi connectivity index (χ4n) is 1.81. The molecule has 1 aromatic carbocycles. The molecule has 0 saturated carbocycles. The predicted molar refractivity (Wildman–Crippen MR) is 75.7 cm³/mol. The summed E-state index contributed by atoms with van der Waals surface area (Å²) < 4.78 is 39.0. The maximum Gasteiger partial charge on any atom is 0.416 e. The van der Waals surface area contributed by atoms with Crippen molar-refractivity contribution in [3.63, 3.8) is 0 Å². The van der Waals surface area contributed by atoms with E-state index in [1.165, 1.54) is 6.07 Å². The van der Waals surface area contributed by atoms with Gasteiger partial charge in [0.2, 0.25) is 0 Å². The first-order valence-electron chi connectivity index (χ1n) is 6.57. The minimum atomic E-state index is -4.58. The van der Waals surface area contributed by atoms with Crippen LogP contribution in [-0.2, 0) is 6.18 Å². The van der Waals surface area contributed by atoms with Crippen LogP contribution in [-0.4, -0.2) is 39.5 Å². The quantitative estimate of drug-likeness (QED) is 0.688. The summed E-state index contributed by atoms with van der Waals surface area (Å²) in [5, 5.41) is 19.5. The first kappa shape index (κ1) is 16.7. The fraction of sp³-hybridized carbons (Fsp3) is 0.308. The number of benzene rings is 1. The fourth-order valence-corrected chi connectivity index (χ4v) is 1.81. The highest BCUT2D eigenvalue weighted by atomic mass is 19.4. The van der Waals surface area contributed by atoms with E-state index in [-0.39, 0.29) is 30.2 Å². The van der Waals surface area contributed by atoms with Gasteiger partial charge >= 0.3 is 12.2 Å². The number of aliphatic hydroxyl groups excluding tert-OH is 1. The van der Waals surface area contributed by atoms with Crippen LogP contribution in [0, 0.1) is 6.92 Å². The number of amides is 2. The van der Waals surface area contributed by atoms with E-state index in [1.807, 2.05) is 0 Å². The average Bonchev–Trinajstić information content (AvgIpc) is 2.90. The van der Waals surface area contributed by atoms with E-state index in [0.717, 1.165) is 12.1 Å². The van der Waals surface area contributed by atoms with Gasteiger partial charge in [0, 0.05) is 17.8 Å². The Morgan fingerprint density at radius 2 is 2.09 bits per heavy atom. The average molecular weight is 329 g/mol. The lowest BCUT2D eigenvalue weighted by Crippen LogP contribution is -2.31. The number of nitrogens with zero attached hydrogens (tertiary/aromatic N) is 2. The summed E-state index contributed by atoms with van der Waals surface area (Å²) in [5.74, 6) is 0.542. The molecule has 2 rings (SSSR count). The zero-order valence-electron chi connectivity index (χ0n) is 12.0. The molecule has 10 heteroatoms. The van der Waals surface area contributed by atoms with Gasteiger partial charge in [0.1, 0.15) is 5.82 Å². The van der Waals surface area contributed by atoms with Gasteiger partial charge in [0.05, 0.1) is 12.2 Å². The van der Waals surface area contributed by atoms with Gasteiger partial charge in [-0.2, -0.15) is 18.3 Å². The SMILES string of the molecule is Cc1nc(-c2cc(NC(=O)NCCO)cc(C(F)(F)F)c2)n[nH]1. The summed E-state index contributed by atoms with van der Waals surface area (Å²) in [4.78, 5) is 15.5. The van der Waals surface area contributed by atoms with E-state index in [0.29, 0.717) is 5.82 Å². The Morgan fingerprint density at radius 1 is 1.35 bits per heavy atom. The van der Waals surface area contributed by atoms with Crippen LogP contribution in [0.15, 0.2) is 18.2 Å². The summed E-state index contributed by atoms with van der Waals surface area (Å²) in [5.41, 5.74) is -0.885. The van der Waals surface area contributed by atoms with Crippen molar-refractivity contribution >= 4 is 11.7 Å². The Bertz CT molecular complexity index is 699. The van der Waals surface area contributed by atoms with Crippen LogP contribution < -0.4 is 10.6 Å². The number of rotatable bonds is 4. The number of urea groups is 1. The molecule has 0 aliphatic heterocycles. The number of aryl methyl sites for hydroxylation is 1. The molecule has 4 N–H and O–H groups in total. The molecule has 0 saturated heterocycles. The number of aromatic amines is 1. The summed E-state index contributed by atoms with van der Waals surface area (Å²) in [6.45, 7) is 1.32. The Morgan fingerprint density at radius 3 is 2.65 bits per heavy atom. The highest BCUT2D eigenvalue weighted by molar-refractivity contribution is 5.90. The molecule has 124 valence electrons. The van der Waals surface area contributed by atoms with Gasteiger partial charge in [-0.3, -0.25) is 5.10 Å². The zero-order chi connectivity index (χ0) is 17.0. The van der Waals surface area contributed by atoms with Crippen LogP contribution in [0.5, 0.6) is 0 Å². The molecule has 0 radical (unpaired) electrons. The van der Waals surface area contributed by atoms with Gasteiger partial charge in [0.25, 0.3) is 0 Å². The first-order chi connectivity index (χ1) is 10.8. The third-order valence-corrected chi connectivity index (χ3v) is 2.77. The van der Waals surface area contributed by atoms with E-state index < -0.39 is 17.8 Å². The molecule has 0 atom stereocenters. The van der Waals surface area contributed by atoms with Gasteiger partial charge in [-0.05, 0) is 25.1 Å². The van der Waals surface area contributed by atoms with Crippen molar-refractivity contribution in [3.05, 3.63) is 29.6 Å². The smallest absolute Gasteiger partial charge is 0.395 e. The Labute approximate surface area is 128 Å². The molecule has 0 aliphatic rings. The number of H-pyrrole nitrogens is 1. The number of nitrogens with one attached hydrogen (secondary N) is 3. The van der Waals surface area contributed by atoms with Gasteiger partial charge < -0.3 is 15.7 Å². The van der Waals surface area contributed by atoms with Crippen LogP contribution in [0.3, 0.4) is 0 Å². The third kappa shape index (κ3) is 4.42. The number of hydrogen-bond acceptors (Lipinski definition) is 4. The maximum atomic E-state index is 13.0. The molecule has 1 heterocycles. The van der Waals surface area contributed by atoms with E-state index in [9.17, 15) is 18.0 Å². The van der Waals surface area contributed by atoms with Gasteiger partial charge in [-0.15, -0.1) is 0 Å². The number of halogens is 3. The van der Waals surface area contributed by atoms with Crippen molar-refractivity contribution in [2.75, 3.05) is 18.5 Å². The standard InChI is InChI=1S/C13H14F3N5O2/c1-7-18-11(21-20-7)8-4-9(13(14,15)16)6-10(5-8)19-12(23)17-2-3-22/h4-6,22H,2-3H2,1H3,(H2,17,19,23)(H,18,20,21). The van der Waals surface area contributed by atoms with E-state index in [2.05, 4.69) is 25.8 Å². The third-order valence-electron chi connectivity index (χ3n) is 2.77. The number of aliphatic hydroxyl groups is 1. The first-order valence-corrected chi connectivity index (χ1v) is 6.57. The van der Waals surface area contributed by atoms with Crippen molar-refractivity contribution < 1.29 is 23.1 Å². The van der Waals surface area contributed by atoms with Crippen molar-refractivity contribution in [1.29, 1.82) is 0 Å². The lowest BCUT2D eigenvalue weighted by Gasteiger charge is -2.12. The Kier molecular flexibility index (Phi) is 4.84. The molecule has 0 spiro atoms. The van der Waals surface area contributed by atoms with E-state index in [4.69, 9.17) is 5.11 Å². The van der Waals surface area contributed by atoms with Crippen LogP contribution in [0.25, 0.3) is 11.4 Å². The number of aromatic nitrogens is 3. The summed E-state index contributed by atoms with van der Waals surface area (Å²) >= 11 is 0. The lowest BCUT2D eigenvalue weighted by molar-refractivity contribution is -0.137. The van der Waals surface area contributed by atoms with Gasteiger partial charge in [-0.1, -0.05) is 0 Å². The van der Waals surface area contributed by atoms with Crippen LogP contribution in [0.1, 0.15) is 11.4 Å². The van der Waals surface area contributed by atoms with E-state index in [1.54, 1.807) is 6.92 Å². The van der Waals surface area contributed by atoms with Crippen LogP contribution >= 0.6 is 0 Å². The molecule has 0 bridgehead atoms. The monoisotopic (exact) mass is 329 g/mol. The maximum absolute atomic E-state index is 13.0. The zero-order valence-corrected chi connectivity index (χ0v) is 12.0. The molecular formula is C13H14F3N5O2. The molecule has 1 aromatic heterocycles. The van der Waals surface area contributed by atoms with Crippen molar-refractivity contribution in [3.8, 4) is 11.4 Å². The van der Waals surface area contributed by atoms with Crippen LogP contribution in [0.2, 0.25) is 0 Å². The lowest BCUT2D eigenvalue weighted by atomic mass is 10.1. The molecule has 23 heavy (non-hydrogen) atoms. The molecular weight excluding hydrogens is 315 g/mol. The molecule has 7 nitrogen and oxygen atoms in total. The van der Waals surface area contributed by atoms with Crippen molar-refractivity contribution in [1.82, 2.24) is 20.5 Å². The topological polar surface area (TPSA) is 103 Å². The number of anilines is 1. The molecule has 0 aliphatic carbocycles. The largest absolute Gasteiger partial charge is 0.416 e. The van der Waals surface area contributed by atoms with Crippen molar-refractivity contribution in [2.24, 2.45) is 0 Å². The molecule has 0 unspecified atom stereocenters. The number of carbonyl (C=O) groups is 1. The Balaban J connectivity index is 2.36. The highest BCUT2D eigenvalue weighted by Gasteiger charge is 2.31. The molecule has 2 aromatic rings. The number of carbonyl (C=O) groups excluding carboxylic acids is 1. The minimum Gasteiger partial charge on any atom is -0.395 e. The second-order valence-corrected chi connectivity index (χ2v) is 4.65. The second-order valence-electron chi connectivity index (χ2n) is 4.65. The van der Waals surface area contributed by atoms with Crippen LogP contribution in [0.4, 0.5) is 23.7 Å². The number of hydrogen-bond donors (Lipinski definition) is 4. The summed E-state index contributed by atoms with van der Waals surface area (Å²) in [6.07, 6.45) is -4.58. The highest BCUT2D eigenvalue weighted by Crippen LogP contribution is 2.34. The summed E-state index contributed by atoms with van der Waals surface area (Å²) in [7, 11) is 0. The second kappa shape index (κ2) is 6.65. The minimum absolute atomic E-state index is 0.0161. The summed E-state index contributed by atoms with van der Waals surface area (Å²) in [6, 6.07) is 2.31. The van der Waals surface area contributed by atoms with Gasteiger partial charge in [0.15, 0.2) is 5.82 Å². The number of alkyl halides is 3. The van der Waals surface area contributed by atoms with E-state index >= 15 is 0 Å². The predicted octanol–water partition coefficient (Wildman–Crippen LogP) is 1.91. The normalized spacial score (nSPS) is 11.3. The van der Waals surface area contributed by atoms with Gasteiger partial charge in [-0.25, -0.2) is 9.78 Å². The Hall–Kier alpha value is -2.62. The molecule has 0 fully saturated rings. The molecule has 2 amide bonds.